The molecule has 0 radical (unpaired) electrons. The average Bonchev–Trinajstić information content (AvgIpc) is 2.75. The molecule has 2 aromatic carbocycles. The van der Waals surface area contributed by atoms with E-state index in [1.807, 2.05) is 12.1 Å². The molecule has 0 aliphatic heterocycles. The van der Waals surface area contributed by atoms with Crippen molar-refractivity contribution in [1.82, 2.24) is 4.98 Å². The van der Waals surface area contributed by atoms with Gasteiger partial charge in [0.25, 0.3) is 5.91 Å². The minimum atomic E-state index is -0.239. The number of ether oxygens (including phenoxy) is 2. The van der Waals surface area contributed by atoms with Gasteiger partial charge in [-0.1, -0.05) is 12.1 Å². The molecule has 0 atom stereocenters. The maximum Gasteiger partial charge on any atom is 0.255 e. The van der Waals surface area contributed by atoms with Crippen LogP contribution in [0.4, 0.5) is 17.2 Å². The number of aromatic nitrogens is 1. The lowest BCUT2D eigenvalue weighted by Gasteiger charge is -2.23. The highest BCUT2D eigenvalue weighted by molar-refractivity contribution is 6.05. The van der Waals surface area contributed by atoms with Crippen molar-refractivity contribution < 1.29 is 14.3 Å². The van der Waals surface area contributed by atoms with E-state index in [1.165, 1.54) is 5.56 Å². The Hall–Kier alpha value is -3.54. The van der Waals surface area contributed by atoms with Crippen molar-refractivity contribution in [3.05, 3.63) is 71.9 Å². The van der Waals surface area contributed by atoms with Crippen LogP contribution in [0.25, 0.3) is 0 Å². The van der Waals surface area contributed by atoms with Crippen molar-refractivity contribution in [2.24, 2.45) is 0 Å². The van der Waals surface area contributed by atoms with Crippen molar-refractivity contribution in [3.8, 4) is 11.5 Å². The summed E-state index contributed by atoms with van der Waals surface area (Å²) in [5.41, 5.74) is 3.29. The van der Waals surface area contributed by atoms with E-state index < -0.39 is 0 Å². The minimum absolute atomic E-state index is 0.239. The Kier molecular flexibility index (Phi) is 6.34. The van der Waals surface area contributed by atoms with Crippen molar-refractivity contribution in [1.29, 1.82) is 0 Å². The second-order valence-corrected chi connectivity index (χ2v) is 6.51. The van der Waals surface area contributed by atoms with Gasteiger partial charge in [0.15, 0.2) is 0 Å². The lowest BCUT2D eigenvalue weighted by Crippen LogP contribution is -2.19. The number of aryl methyl sites for hydroxylation is 1. The first-order valence-corrected chi connectivity index (χ1v) is 9.39. The normalized spacial score (nSPS) is 10.3. The molecule has 1 amide bonds. The van der Waals surface area contributed by atoms with E-state index >= 15 is 0 Å². The highest BCUT2D eigenvalue weighted by Gasteiger charge is 2.14. The van der Waals surface area contributed by atoms with Gasteiger partial charge < -0.3 is 19.7 Å². The Labute approximate surface area is 171 Å². The number of carbonyl (C=O) groups excluding carboxylic acids is 1. The summed E-state index contributed by atoms with van der Waals surface area (Å²) >= 11 is 0. The van der Waals surface area contributed by atoms with E-state index in [9.17, 15) is 4.79 Å². The van der Waals surface area contributed by atoms with Gasteiger partial charge in [-0.2, -0.15) is 0 Å². The first-order chi connectivity index (χ1) is 14.0. The molecule has 0 aliphatic rings. The number of rotatable bonds is 7. The van der Waals surface area contributed by atoms with E-state index in [1.54, 1.807) is 50.7 Å². The van der Waals surface area contributed by atoms with E-state index in [0.717, 1.165) is 12.2 Å². The molecule has 1 N–H and O–H groups in total. The molecule has 0 spiro atoms. The molecule has 0 aliphatic carbocycles. The largest absolute Gasteiger partial charge is 0.497 e. The molecule has 150 valence electrons. The van der Waals surface area contributed by atoms with Crippen LogP contribution >= 0.6 is 0 Å². The second-order valence-electron chi connectivity index (χ2n) is 6.51. The molecule has 3 rings (SSSR count). The highest BCUT2D eigenvalue weighted by atomic mass is 16.5. The smallest absolute Gasteiger partial charge is 0.255 e. The summed E-state index contributed by atoms with van der Waals surface area (Å²) < 4.78 is 10.6. The summed E-state index contributed by atoms with van der Waals surface area (Å²) in [5, 5.41) is 2.90. The monoisotopic (exact) mass is 391 g/mol. The summed E-state index contributed by atoms with van der Waals surface area (Å²) in [4.78, 5) is 19.4. The quantitative estimate of drug-likeness (QED) is 0.626. The standard InChI is InChI=1S/C23H25N3O3/c1-5-26(18-8-6-7-16(2)13-18)22-14-17(11-12-24-22)23(27)25-20-10-9-19(28-3)15-21(20)29-4/h6-15H,5H2,1-4H3,(H,25,27). The van der Waals surface area contributed by atoms with Crippen molar-refractivity contribution in [2.75, 3.05) is 31.0 Å². The van der Waals surface area contributed by atoms with Gasteiger partial charge in [0.2, 0.25) is 0 Å². The number of anilines is 3. The molecule has 0 saturated heterocycles. The van der Waals surface area contributed by atoms with Crippen LogP contribution in [0.2, 0.25) is 0 Å². The van der Waals surface area contributed by atoms with Gasteiger partial charge in [-0.05, 0) is 55.8 Å². The van der Waals surface area contributed by atoms with Crippen LogP contribution in [-0.2, 0) is 0 Å². The molecule has 6 nitrogen and oxygen atoms in total. The third-order valence-electron chi connectivity index (χ3n) is 4.57. The lowest BCUT2D eigenvalue weighted by atomic mass is 10.2. The second kappa shape index (κ2) is 9.10. The predicted molar refractivity (Wildman–Crippen MR) is 116 cm³/mol. The van der Waals surface area contributed by atoms with Crippen LogP contribution in [-0.4, -0.2) is 31.7 Å². The summed E-state index contributed by atoms with van der Waals surface area (Å²) in [5.74, 6) is 1.66. The first kappa shape index (κ1) is 20.2. The van der Waals surface area contributed by atoms with E-state index in [2.05, 4.69) is 41.2 Å². The molecule has 0 saturated carbocycles. The van der Waals surface area contributed by atoms with Crippen LogP contribution in [0.1, 0.15) is 22.8 Å². The fourth-order valence-electron chi connectivity index (χ4n) is 3.08. The Bertz CT molecular complexity index is 1000. The number of hydrogen-bond acceptors (Lipinski definition) is 5. The van der Waals surface area contributed by atoms with Crippen LogP contribution in [0.15, 0.2) is 60.8 Å². The van der Waals surface area contributed by atoms with Crippen LogP contribution in [0, 0.1) is 6.92 Å². The maximum atomic E-state index is 12.8. The molecule has 1 aromatic heterocycles. The van der Waals surface area contributed by atoms with Crippen molar-refractivity contribution in [2.45, 2.75) is 13.8 Å². The number of carbonyl (C=O) groups is 1. The van der Waals surface area contributed by atoms with Gasteiger partial charge in [0, 0.05) is 30.1 Å². The third kappa shape index (κ3) is 4.66. The maximum absolute atomic E-state index is 12.8. The molecule has 0 bridgehead atoms. The molecule has 0 unspecified atom stereocenters. The zero-order chi connectivity index (χ0) is 20.8. The van der Waals surface area contributed by atoms with Crippen molar-refractivity contribution in [3.63, 3.8) is 0 Å². The summed E-state index contributed by atoms with van der Waals surface area (Å²) in [6, 6.07) is 16.9. The predicted octanol–water partition coefficient (Wildman–Crippen LogP) is 4.82. The number of amides is 1. The van der Waals surface area contributed by atoms with Crippen LogP contribution < -0.4 is 19.7 Å². The Morgan fingerprint density at radius 1 is 1.07 bits per heavy atom. The topological polar surface area (TPSA) is 63.7 Å². The van der Waals surface area contributed by atoms with Gasteiger partial charge in [-0.3, -0.25) is 4.79 Å². The highest BCUT2D eigenvalue weighted by Crippen LogP contribution is 2.30. The fourth-order valence-corrected chi connectivity index (χ4v) is 3.08. The van der Waals surface area contributed by atoms with E-state index in [-0.39, 0.29) is 5.91 Å². The lowest BCUT2D eigenvalue weighted by molar-refractivity contribution is 0.102. The molecule has 3 aromatic rings. The molecular weight excluding hydrogens is 366 g/mol. The first-order valence-electron chi connectivity index (χ1n) is 9.39. The van der Waals surface area contributed by atoms with Gasteiger partial charge in [0.1, 0.15) is 17.3 Å². The van der Waals surface area contributed by atoms with Crippen molar-refractivity contribution >= 4 is 23.1 Å². The molecule has 1 heterocycles. The van der Waals surface area contributed by atoms with Gasteiger partial charge >= 0.3 is 0 Å². The molecular formula is C23H25N3O3. The minimum Gasteiger partial charge on any atom is -0.497 e. The zero-order valence-corrected chi connectivity index (χ0v) is 17.1. The van der Waals surface area contributed by atoms with E-state index in [4.69, 9.17) is 9.47 Å². The Morgan fingerprint density at radius 3 is 2.59 bits per heavy atom. The number of benzene rings is 2. The molecule has 0 fully saturated rings. The Balaban J connectivity index is 1.86. The van der Waals surface area contributed by atoms with Gasteiger partial charge in [0.05, 0.1) is 19.9 Å². The molecule has 6 heteroatoms. The number of pyridine rings is 1. The fraction of sp³-hybridized carbons (Fsp3) is 0.217. The average molecular weight is 391 g/mol. The third-order valence-corrected chi connectivity index (χ3v) is 4.57. The van der Waals surface area contributed by atoms with Crippen LogP contribution in [0.5, 0.6) is 11.5 Å². The number of nitrogens with one attached hydrogen (secondary N) is 1. The number of nitrogens with zero attached hydrogens (tertiary/aromatic N) is 2. The summed E-state index contributed by atoms with van der Waals surface area (Å²) in [6.45, 7) is 4.84. The Morgan fingerprint density at radius 2 is 1.90 bits per heavy atom. The van der Waals surface area contributed by atoms with Gasteiger partial charge in [-0.25, -0.2) is 4.98 Å². The number of hydrogen-bond donors (Lipinski definition) is 1. The van der Waals surface area contributed by atoms with E-state index in [0.29, 0.717) is 28.6 Å². The number of methoxy groups -OCH3 is 2. The molecule has 29 heavy (non-hydrogen) atoms. The van der Waals surface area contributed by atoms with Crippen LogP contribution in [0.3, 0.4) is 0 Å². The SMILES string of the molecule is CCN(c1cccc(C)c1)c1cc(C(=O)Nc2ccc(OC)cc2OC)ccn1. The summed E-state index contributed by atoms with van der Waals surface area (Å²) in [7, 11) is 3.13. The van der Waals surface area contributed by atoms with Gasteiger partial charge in [-0.15, -0.1) is 0 Å². The summed E-state index contributed by atoms with van der Waals surface area (Å²) in [6.07, 6.45) is 1.65. The zero-order valence-electron chi connectivity index (χ0n) is 17.1.